The van der Waals surface area contributed by atoms with Crippen LogP contribution < -0.4 is 5.32 Å². The molecule has 0 radical (unpaired) electrons. The molecule has 0 unspecified atom stereocenters. The minimum atomic E-state index is 0.139. The Morgan fingerprint density at radius 1 is 1.17 bits per heavy atom. The Morgan fingerprint density at radius 3 is 2.11 bits per heavy atom. The van der Waals surface area contributed by atoms with Gasteiger partial charge in [-0.25, -0.2) is 0 Å². The number of aryl methyl sites for hydroxylation is 1. The Balaban J connectivity index is 2.73. The van der Waals surface area contributed by atoms with E-state index in [1.807, 2.05) is 18.5 Å². The average Bonchev–Trinajstić information content (AvgIpc) is 2.42. The van der Waals surface area contributed by atoms with E-state index in [9.17, 15) is 0 Å². The van der Waals surface area contributed by atoms with Crippen molar-refractivity contribution >= 4 is 11.6 Å². The van der Waals surface area contributed by atoms with Gasteiger partial charge in [-0.05, 0) is 40.0 Å². The highest BCUT2D eigenvalue weighted by Crippen LogP contribution is 2.24. The van der Waals surface area contributed by atoms with Crippen LogP contribution in [0.25, 0.3) is 0 Å². The molecule has 0 aliphatic heterocycles. The van der Waals surface area contributed by atoms with Gasteiger partial charge in [0.25, 0.3) is 0 Å². The van der Waals surface area contributed by atoms with Crippen LogP contribution in [0.3, 0.4) is 0 Å². The van der Waals surface area contributed by atoms with E-state index in [0.717, 1.165) is 29.5 Å². The normalized spacial score (nSPS) is 13.1. The largest absolute Gasteiger partial charge is 0.311 e. The van der Waals surface area contributed by atoms with Gasteiger partial charge in [0.05, 0.1) is 16.4 Å². The maximum Gasteiger partial charge on any atom is 0.0844 e. The number of hydrogen-bond donors (Lipinski definition) is 1. The zero-order valence-corrected chi connectivity index (χ0v) is 13.4. The molecule has 0 spiro atoms. The third kappa shape index (κ3) is 4.29. The first-order chi connectivity index (χ1) is 8.02. The fraction of sp³-hybridized carbons (Fsp3) is 0.786. The summed E-state index contributed by atoms with van der Waals surface area (Å²) in [6.07, 6.45) is 0. The van der Waals surface area contributed by atoms with Crippen LogP contribution in [-0.2, 0) is 6.54 Å². The fourth-order valence-electron chi connectivity index (χ4n) is 1.79. The Hall–Kier alpha value is -0.540. The van der Waals surface area contributed by atoms with Crippen molar-refractivity contribution in [1.82, 2.24) is 15.1 Å². The monoisotopic (exact) mass is 271 g/mol. The van der Waals surface area contributed by atoms with Crippen LogP contribution in [0.1, 0.15) is 46.0 Å². The maximum atomic E-state index is 6.18. The summed E-state index contributed by atoms with van der Waals surface area (Å²) < 4.78 is 2.02. The highest BCUT2D eigenvalue weighted by Gasteiger charge is 2.23. The average molecular weight is 272 g/mol. The zero-order valence-electron chi connectivity index (χ0n) is 12.7. The Labute approximate surface area is 116 Å². The number of halogens is 1. The van der Waals surface area contributed by atoms with Gasteiger partial charge in [-0.2, -0.15) is 5.10 Å². The summed E-state index contributed by atoms with van der Waals surface area (Å²) in [4.78, 5) is 0. The van der Waals surface area contributed by atoms with Crippen molar-refractivity contribution in [2.75, 3.05) is 6.54 Å². The third-order valence-corrected chi connectivity index (χ3v) is 3.52. The number of rotatable bonds is 4. The third-order valence-electron chi connectivity index (χ3n) is 2.97. The van der Waals surface area contributed by atoms with E-state index in [1.165, 1.54) is 0 Å². The molecule has 4 heteroatoms. The molecule has 1 aromatic rings. The Morgan fingerprint density at radius 2 is 1.72 bits per heavy atom. The number of hydrogen-bond acceptors (Lipinski definition) is 2. The summed E-state index contributed by atoms with van der Waals surface area (Å²) in [6, 6.07) is 0. The molecule has 0 saturated heterocycles. The Kier molecular flexibility index (Phi) is 4.50. The van der Waals surface area contributed by atoms with Gasteiger partial charge in [-0.15, -0.1) is 0 Å². The molecule has 18 heavy (non-hydrogen) atoms. The Bertz CT molecular complexity index is 413. The van der Waals surface area contributed by atoms with Crippen LogP contribution in [0.15, 0.2) is 0 Å². The first-order valence-corrected chi connectivity index (χ1v) is 6.84. The quantitative estimate of drug-likeness (QED) is 0.907. The highest BCUT2D eigenvalue weighted by molar-refractivity contribution is 6.31. The summed E-state index contributed by atoms with van der Waals surface area (Å²) in [7, 11) is 0. The topological polar surface area (TPSA) is 29.9 Å². The molecular formula is C14H26ClN3. The molecule has 1 heterocycles. The van der Waals surface area contributed by atoms with Gasteiger partial charge in [0.2, 0.25) is 0 Å². The van der Waals surface area contributed by atoms with Crippen molar-refractivity contribution < 1.29 is 0 Å². The van der Waals surface area contributed by atoms with E-state index in [1.54, 1.807) is 0 Å². The lowest BCUT2D eigenvalue weighted by atomic mass is 9.92. The molecule has 0 amide bonds. The van der Waals surface area contributed by atoms with Crippen molar-refractivity contribution in [3.8, 4) is 0 Å². The molecule has 0 atom stereocenters. The highest BCUT2D eigenvalue weighted by atomic mass is 35.5. The minimum Gasteiger partial charge on any atom is -0.311 e. The van der Waals surface area contributed by atoms with E-state index in [2.05, 4.69) is 45.0 Å². The van der Waals surface area contributed by atoms with Crippen LogP contribution in [0.2, 0.25) is 5.02 Å². The predicted octanol–water partition coefficient (Wildman–Crippen LogP) is 3.57. The van der Waals surface area contributed by atoms with Gasteiger partial charge in [0, 0.05) is 18.6 Å². The molecule has 0 saturated carbocycles. The second-order valence-electron chi connectivity index (χ2n) is 6.91. The summed E-state index contributed by atoms with van der Waals surface area (Å²) >= 11 is 6.18. The number of nitrogens with one attached hydrogen (secondary N) is 1. The first kappa shape index (κ1) is 15.5. The first-order valence-electron chi connectivity index (χ1n) is 6.46. The van der Waals surface area contributed by atoms with Gasteiger partial charge < -0.3 is 5.32 Å². The fourth-order valence-corrected chi connectivity index (χ4v) is 1.93. The second kappa shape index (κ2) is 5.22. The van der Waals surface area contributed by atoms with Crippen LogP contribution in [0.5, 0.6) is 0 Å². The van der Waals surface area contributed by atoms with Crippen LogP contribution in [0, 0.1) is 19.3 Å². The van der Waals surface area contributed by atoms with Gasteiger partial charge >= 0.3 is 0 Å². The molecule has 3 nitrogen and oxygen atoms in total. The smallest absolute Gasteiger partial charge is 0.0844 e. The summed E-state index contributed by atoms with van der Waals surface area (Å²) in [5.74, 6) is 0. The molecule has 1 N–H and O–H groups in total. The molecule has 0 aromatic carbocycles. The molecular weight excluding hydrogens is 246 g/mol. The summed E-state index contributed by atoms with van der Waals surface area (Å²) in [5.41, 5.74) is 2.25. The van der Waals surface area contributed by atoms with E-state index in [4.69, 9.17) is 11.6 Å². The summed E-state index contributed by atoms with van der Waals surface area (Å²) in [5, 5.41) is 8.83. The van der Waals surface area contributed by atoms with Gasteiger partial charge in [0.15, 0.2) is 0 Å². The van der Waals surface area contributed by atoms with Crippen molar-refractivity contribution in [2.45, 2.75) is 60.5 Å². The van der Waals surface area contributed by atoms with Crippen molar-refractivity contribution in [3.05, 3.63) is 16.4 Å². The van der Waals surface area contributed by atoms with Crippen molar-refractivity contribution in [3.63, 3.8) is 0 Å². The number of aromatic nitrogens is 2. The molecule has 0 fully saturated rings. The van der Waals surface area contributed by atoms with Gasteiger partial charge in [0.1, 0.15) is 0 Å². The number of nitrogens with zero attached hydrogens (tertiary/aromatic N) is 2. The molecule has 104 valence electrons. The van der Waals surface area contributed by atoms with E-state index < -0.39 is 0 Å². The van der Waals surface area contributed by atoms with Crippen molar-refractivity contribution in [2.24, 2.45) is 5.41 Å². The zero-order chi connectivity index (χ0) is 14.1. The molecule has 1 rings (SSSR count). The van der Waals surface area contributed by atoms with Crippen LogP contribution >= 0.6 is 11.6 Å². The van der Waals surface area contributed by atoms with E-state index in [-0.39, 0.29) is 11.0 Å². The van der Waals surface area contributed by atoms with Gasteiger partial charge in [-0.3, -0.25) is 4.68 Å². The standard InChI is InChI=1S/C14H26ClN3/c1-10-12(15)11(2)18(17-10)9-14(6,7)8-16-13(3,4)5/h16H,8-9H2,1-7H3. The van der Waals surface area contributed by atoms with E-state index >= 15 is 0 Å². The second-order valence-corrected chi connectivity index (χ2v) is 7.29. The van der Waals surface area contributed by atoms with Gasteiger partial charge in [-0.1, -0.05) is 25.4 Å². The SMILES string of the molecule is Cc1nn(CC(C)(C)CNC(C)(C)C)c(C)c1Cl. The molecule has 1 aromatic heterocycles. The summed E-state index contributed by atoms with van der Waals surface area (Å²) in [6.45, 7) is 16.8. The van der Waals surface area contributed by atoms with Crippen LogP contribution in [0.4, 0.5) is 0 Å². The minimum absolute atomic E-state index is 0.139. The van der Waals surface area contributed by atoms with E-state index in [0.29, 0.717) is 0 Å². The molecule has 0 aliphatic rings. The molecule has 0 aliphatic carbocycles. The van der Waals surface area contributed by atoms with Crippen molar-refractivity contribution in [1.29, 1.82) is 0 Å². The molecule has 0 bridgehead atoms. The lowest BCUT2D eigenvalue weighted by Crippen LogP contribution is -2.43. The lowest BCUT2D eigenvalue weighted by Gasteiger charge is -2.30. The lowest BCUT2D eigenvalue weighted by molar-refractivity contribution is 0.244. The maximum absolute atomic E-state index is 6.18. The van der Waals surface area contributed by atoms with Crippen LogP contribution in [-0.4, -0.2) is 21.9 Å². The predicted molar refractivity (Wildman–Crippen MR) is 78.2 cm³/mol.